The number of ether oxygens (including phenoxy) is 2. The van der Waals surface area contributed by atoms with Crippen LogP contribution in [0.25, 0.3) is 0 Å². The van der Waals surface area contributed by atoms with E-state index in [4.69, 9.17) is 32.7 Å². The van der Waals surface area contributed by atoms with Crippen LogP contribution in [-0.2, 0) is 0 Å². The van der Waals surface area contributed by atoms with Crippen LogP contribution in [0.1, 0.15) is 22.1 Å². The van der Waals surface area contributed by atoms with Crippen molar-refractivity contribution in [2.24, 2.45) is 0 Å². The summed E-state index contributed by atoms with van der Waals surface area (Å²) in [5.74, 6) is 1.48. The third-order valence-electron chi connectivity index (χ3n) is 3.44. The van der Waals surface area contributed by atoms with E-state index in [9.17, 15) is 0 Å². The lowest BCUT2D eigenvalue weighted by molar-refractivity contribution is 0.171. The predicted molar refractivity (Wildman–Crippen MR) is 89.0 cm³/mol. The summed E-state index contributed by atoms with van der Waals surface area (Å²) >= 11 is 16.2. The molecule has 0 N–H and O–H groups in total. The van der Waals surface area contributed by atoms with Gasteiger partial charge in [0.2, 0.25) is 0 Å². The molecule has 1 heterocycles. The van der Waals surface area contributed by atoms with Crippen LogP contribution in [0.2, 0.25) is 5.02 Å². The predicted octanol–water partition coefficient (Wildman–Crippen LogP) is 5.51. The number of hydrogen-bond acceptors (Lipinski definition) is 2. The lowest BCUT2D eigenvalue weighted by atomic mass is 9.99. The van der Waals surface area contributed by atoms with E-state index in [1.54, 1.807) is 0 Å². The van der Waals surface area contributed by atoms with E-state index >= 15 is 0 Å². The Kier molecular flexibility index (Phi) is 4.34. The van der Waals surface area contributed by atoms with Crippen LogP contribution in [0.4, 0.5) is 0 Å². The second kappa shape index (κ2) is 6.07. The van der Waals surface area contributed by atoms with Crippen molar-refractivity contribution < 1.29 is 9.47 Å². The Balaban J connectivity index is 2.03. The Morgan fingerprint density at radius 2 is 1.71 bits per heavy atom. The van der Waals surface area contributed by atoms with Gasteiger partial charge in [-0.25, -0.2) is 0 Å². The third-order valence-corrected chi connectivity index (χ3v) is 4.83. The highest BCUT2D eigenvalue weighted by Crippen LogP contribution is 2.42. The molecule has 0 fully saturated rings. The van der Waals surface area contributed by atoms with Gasteiger partial charge < -0.3 is 9.47 Å². The highest BCUT2D eigenvalue weighted by molar-refractivity contribution is 9.10. The third kappa shape index (κ3) is 3.01. The summed E-state index contributed by atoms with van der Waals surface area (Å²) in [7, 11) is 0. The van der Waals surface area contributed by atoms with Crippen molar-refractivity contribution in [2.75, 3.05) is 13.2 Å². The van der Waals surface area contributed by atoms with Crippen molar-refractivity contribution in [3.05, 3.63) is 56.5 Å². The Morgan fingerprint density at radius 3 is 2.38 bits per heavy atom. The zero-order chi connectivity index (χ0) is 15.0. The molecule has 0 aliphatic carbocycles. The van der Waals surface area contributed by atoms with Gasteiger partial charge in [-0.2, -0.15) is 0 Å². The number of alkyl halides is 1. The van der Waals surface area contributed by atoms with Gasteiger partial charge in [0.05, 0.1) is 5.38 Å². The molecule has 0 amide bonds. The molecule has 0 radical (unpaired) electrons. The van der Waals surface area contributed by atoms with Crippen molar-refractivity contribution >= 4 is 39.1 Å². The zero-order valence-electron chi connectivity index (χ0n) is 11.3. The van der Waals surface area contributed by atoms with E-state index in [2.05, 4.69) is 15.9 Å². The molecule has 2 aromatic rings. The average Bonchev–Trinajstić information content (AvgIpc) is 2.46. The van der Waals surface area contributed by atoms with Crippen molar-refractivity contribution in [2.45, 2.75) is 12.3 Å². The Labute approximate surface area is 142 Å². The van der Waals surface area contributed by atoms with Crippen LogP contribution in [0.5, 0.6) is 11.5 Å². The van der Waals surface area contributed by atoms with Crippen molar-refractivity contribution in [1.82, 2.24) is 0 Å². The Morgan fingerprint density at radius 1 is 1.05 bits per heavy atom. The first kappa shape index (κ1) is 15.0. The largest absolute Gasteiger partial charge is 0.486 e. The topological polar surface area (TPSA) is 18.5 Å². The summed E-state index contributed by atoms with van der Waals surface area (Å²) in [6.45, 7) is 3.13. The second-order valence-electron chi connectivity index (χ2n) is 4.88. The van der Waals surface area contributed by atoms with Crippen LogP contribution in [0.3, 0.4) is 0 Å². The smallest absolute Gasteiger partial charge is 0.162 e. The van der Waals surface area contributed by atoms with Gasteiger partial charge in [0.1, 0.15) is 13.2 Å². The SMILES string of the molecule is Cc1cc(Cl)ccc1C(Cl)c1cc2c(cc1Br)OCCO2. The van der Waals surface area contributed by atoms with Gasteiger partial charge in [-0.1, -0.05) is 33.6 Å². The lowest BCUT2D eigenvalue weighted by Gasteiger charge is -2.22. The number of aryl methyl sites for hydroxylation is 1. The van der Waals surface area contributed by atoms with Crippen molar-refractivity contribution in [3.8, 4) is 11.5 Å². The molecule has 0 aromatic heterocycles. The fraction of sp³-hybridized carbons (Fsp3) is 0.250. The summed E-state index contributed by atoms with van der Waals surface area (Å²) < 4.78 is 12.1. The summed E-state index contributed by atoms with van der Waals surface area (Å²) in [5, 5.41) is 0.425. The molecule has 1 atom stereocenters. The molecule has 1 aliphatic heterocycles. The maximum Gasteiger partial charge on any atom is 0.162 e. The molecule has 0 saturated carbocycles. The molecule has 21 heavy (non-hydrogen) atoms. The number of fused-ring (bicyclic) bond motifs is 1. The molecular formula is C16H13BrCl2O2. The highest BCUT2D eigenvalue weighted by atomic mass is 79.9. The monoisotopic (exact) mass is 386 g/mol. The minimum Gasteiger partial charge on any atom is -0.486 e. The van der Waals surface area contributed by atoms with Gasteiger partial charge in [0.15, 0.2) is 11.5 Å². The molecule has 0 bridgehead atoms. The van der Waals surface area contributed by atoms with Crippen LogP contribution in [0, 0.1) is 6.92 Å². The highest BCUT2D eigenvalue weighted by Gasteiger charge is 2.21. The van der Waals surface area contributed by atoms with Gasteiger partial charge in [0, 0.05) is 9.50 Å². The molecule has 0 saturated heterocycles. The normalized spacial score (nSPS) is 14.9. The van der Waals surface area contributed by atoms with Gasteiger partial charge in [-0.05, 0) is 47.9 Å². The van der Waals surface area contributed by atoms with Gasteiger partial charge >= 0.3 is 0 Å². The summed E-state index contributed by atoms with van der Waals surface area (Å²) in [5.41, 5.74) is 3.04. The minimum atomic E-state index is -0.285. The average molecular weight is 388 g/mol. The molecule has 2 aromatic carbocycles. The number of rotatable bonds is 2. The molecule has 2 nitrogen and oxygen atoms in total. The standard InChI is InChI=1S/C16H13BrCl2O2/c1-9-6-10(18)2-3-11(9)16(19)12-7-14-15(8-13(12)17)21-5-4-20-14/h2-3,6-8,16H,4-5H2,1H3. The van der Waals surface area contributed by atoms with E-state index < -0.39 is 0 Å². The fourth-order valence-corrected chi connectivity index (χ4v) is 3.70. The fourth-order valence-electron chi connectivity index (χ4n) is 2.36. The van der Waals surface area contributed by atoms with Crippen molar-refractivity contribution in [1.29, 1.82) is 0 Å². The molecule has 1 unspecified atom stereocenters. The van der Waals surface area contributed by atoms with Crippen LogP contribution >= 0.6 is 39.1 Å². The number of halogens is 3. The first-order valence-corrected chi connectivity index (χ1v) is 8.16. The molecule has 3 rings (SSSR count). The lowest BCUT2D eigenvalue weighted by Crippen LogP contribution is -2.15. The van der Waals surface area contributed by atoms with Crippen LogP contribution in [-0.4, -0.2) is 13.2 Å². The summed E-state index contributed by atoms with van der Waals surface area (Å²) in [6, 6.07) is 9.57. The van der Waals surface area contributed by atoms with E-state index in [1.807, 2.05) is 37.3 Å². The van der Waals surface area contributed by atoms with E-state index in [0.29, 0.717) is 18.2 Å². The van der Waals surface area contributed by atoms with E-state index in [0.717, 1.165) is 32.7 Å². The Hall–Kier alpha value is -0.900. The maximum atomic E-state index is 6.67. The summed E-state index contributed by atoms with van der Waals surface area (Å²) in [6.07, 6.45) is 0. The van der Waals surface area contributed by atoms with Crippen molar-refractivity contribution in [3.63, 3.8) is 0 Å². The molecule has 1 aliphatic rings. The molecule has 110 valence electrons. The molecule has 5 heteroatoms. The molecule has 0 spiro atoms. The van der Waals surface area contributed by atoms with Gasteiger partial charge in [-0.3, -0.25) is 0 Å². The quantitative estimate of drug-likeness (QED) is 0.632. The van der Waals surface area contributed by atoms with E-state index in [1.165, 1.54) is 0 Å². The maximum absolute atomic E-state index is 6.67. The zero-order valence-corrected chi connectivity index (χ0v) is 14.4. The summed E-state index contributed by atoms with van der Waals surface area (Å²) in [4.78, 5) is 0. The first-order valence-electron chi connectivity index (χ1n) is 6.55. The first-order chi connectivity index (χ1) is 10.1. The number of benzene rings is 2. The number of hydrogen-bond donors (Lipinski definition) is 0. The molecular weight excluding hydrogens is 375 g/mol. The van der Waals surface area contributed by atoms with Crippen LogP contribution in [0.15, 0.2) is 34.8 Å². The van der Waals surface area contributed by atoms with Gasteiger partial charge in [0.25, 0.3) is 0 Å². The van der Waals surface area contributed by atoms with Gasteiger partial charge in [-0.15, -0.1) is 11.6 Å². The Bertz CT molecular complexity index is 688. The van der Waals surface area contributed by atoms with Crippen LogP contribution < -0.4 is 9.47 Å². The minimum absolute atomic E-state index is 0.285. The van der Waals surface area contributed by atoms with E-state index in [-0.39, 0.29) is 5.38 Å². The second-order valence-corrected chi connectivity index (χ2v) is 6.61.